The smallest absolute Gasteiger partial charge is 0.224 e. The van der Waals surface area contributed by atoms with E-state index in [1.54, 1.807) is 18.6 Å². The van der Waals surface area contributed by atoms with Gasteiger partial charge in [-0.3, -0.25) is 9.97 Å². The number of hydrogen-bond acceptors (Lipinski definition) is 5. The zero-order chi connectivity index (χ0) is 12.3. The van der Waals surface area contributed by atoms with Gasteiger partial charge in [0.25, 0.3) is 0 Å². The van der Waals surface area contributed by atoms with Crippen LogP contribution < -0.4 is 5.32 Å². The summed E-state index contributed by atoms with van der Waals surface area (Å²) in [6.07, 6.45) is 5.04. The number of aryl methyl sites for hydroxylation is 1. The van der Waals surface area contributed by atoms with Crippen molar-refractivity contribution in [3.63, 3.8) is 0 Å². The number of nitrogens with one attached hydrogen (secondary N) is 1. The molecule has 0 saturated heterocycles. The van der Waals surface area contributed by atoms with E-state index in [1.807, 2.05) is 6.92 Å². The molecule has 0 amide bonds. The zero-order valence-electron chi connectivity index (χ0n) is 8.98. The molecule has 7 heteroatoms. The Kier molecular flexibility index (Phi) is 3.86. The molecule has 0 fully saturated rings. The van der Waals surface area contributed by atoms with E-state index in [1.165, 1.54) is 0 Å². The molecule has 1 N–H and O–H groups in total. The van der Waals surface area contributed by atoms with Gasteiger partial charge in [0.05, 0.1) is 28.6 Å². The second kappa shape index (κ2) is 5.37. The van der Waals surface area contributed by atoms with Crippen LogP contribution in [0.5, 0.6) is 0 Å². The Labute approximate surface area is 112 Å². The van der Waals surface area contributed by atoms with Gasteiger partial charge in [0.15, 0.2) is 0 Å². The van der Waals surface area contributed by atoms with E-state index in [-0.39, 0.29) is 5.28 Å². The standard InChI is InChI=1S/C10H9BrClN5/c1-6-2-14-7(3-13-6)4-15-9-8(11)5-16-10(12)17-9/h2-3,5H,4H2,1H3,(H,15,16,17). The van der Waals surface area contributed by atoms with Crippen LogP contribution in [-0.4, -0.2) is 19.9 Å². The summed E-state index contributed by atoms with van der Waals surface area (Å²) in [5.74, 6) is 0.632. The van der Waals surface area contributed by atoms with E-state index in [0.29, 0.717) is 12.4 Å². The lowest BCUT2D eigenvalue weighted by molar-refractivity contribution is 0.970. The van der Waals surface area contributed by atoms with Crippen LogP contribution in [0.4, 0.5) is 5.82 Å². The molecule has 0 saturated carbocycles. The van der Waals surface area contributed by atoms with Crippen molar-refractivity contribution < 1.29 is 0 Å². The fourth-order valence-electron chi connectivity index (χ4n) is 1.15. The lowest BCUT2D eigenvalue weighted by atomic mass is 10.4. The zero-order valence-corrected chi connectivity index (χ0v) is 11.3. The third kappa shape index (κ3) is 3.34. The summed E-state index contributed by atoms with van der Waals surface area (Å²) in [7, 11) is 0. The van der Waals surface area contributed by atoms with E-state index >= 15 is 0 Å². The molecule has 0 atom stereocenters. The van der Waals surface area contributed by atoms with Gasteiger partial charge in [-0.1, -0.05) is 0 Å². The Morgan fingerprint density at radius 2 is 2.06 bits per heavy atom. The second-order valence-electron chi connectivity index (χ2n) is 3.34. The summed E-state index contributed by atoms with van der Waals surface area (Å²) in [4.78, 5) is 16.3. The quantitative estimate of drug-likeness (QED) is 0.882. The molecular formula is C10H9BrClN5. The monoisotopic (exact) mass is 313 g/mol. The van der Waals surface area contributed by atoms with E-state index in [9.17, 15) is 0 Å². The first-order chi connectivity index (χ1) is 8.15. The second-order valence-corrected chi connectivity index (χ2v) is 4.53. The van der Waals surface area contributed by atoms with Crippen molar-refractivity contribution in [3.05, 3.63) is 39.7 Å². The average Bonchev–Trinajstić information content (AvgIpc) is 2.32. The molecule has 2 aromatic heterocycles. The first-order valence-electron chi connectivity index (χ1n) is 4.84. The normalized spacial score (nSPS) is 10.3. The summed E-state index contributed by atoms with van der Waals surface area (Å²) >= 11 is 9.04. The Morgan fingerprint density at radius 3 is 2.76 bits per heavy atom. The summed E-state index contributed by atoms with van der Waals surface area (Å²) in [6, 6.07) is 0. The summed E-state index contributed by atoms with van der Waals surface area (Å²) in [6.45, 7) is 2.42. The van der Waals surface area contributed by atoms with Crippen LogP contribution in [-0.2, 0) is 6.54 Å². The van der Waals surface area contributed by atoms with Gasteiger partial charge in [0.1, 0.15) is 5.82 Å². The molecule has 0 bridgehead atoms. The van der Waals surface area contributed by atoms with E-state index in [4.69, 9.17) is 11.6 Å². The molecule has 0 aliphatic rings. The molecule has 5 nitrogen and oxygen atoms in total. The molecule has 17 heavy (non-hydrogen) atoms. The van der Waals surface area contributed by atoms with Crippen LogP contribution in [0.1, 0.15) is 11.4 Å². The minimum atomic E-state index is 0.200. The predicted octanol–water partition coefficient (Wildman–Crippen LogP) is 2.60. The summed E-state index contributed by atoms with van der Waals surface area (Å²) in [5, 5.41) is 3.30. The maximum atomic E-state index is 5.71. The average molecular weight is 315 g/mol. The molecule has 2 rings (SSSR count). The van der Waals surface area contributed by atoms with Crippen LogP contribution in [0.15, 0.2) is 23.1 Å². The van der Waals surface area contributed by atoms with Gasteiger partial charge in [-0.25, -0.2) is 4.98 Å². The van der Waals surface area contributed by atoms with Crippen molar-refractivity contribution in [1.82, 2.24) is 19.9 Å². The minimum Gasteiger partial charge on any atom is -0.363 e. The summed E-state index contributed by atoms with van der Waals surface area (Å²) in [5.41, 5.74) is 1.72. The van der Waals surface area contributed by atoms with E-state index in [0.717, 1.165) is 15.9 Å². The molecule has 2 heterocycles. The number of aromatic nitrogens is 4. The van der Waals surface area contributed by atoms with Crippen molar-refractivity contribution in [2.45, 2.75) is 13.5 Å². The van der Waals surface area contributed by atoms with Gasteiger partial charge in [0, 0.05) is 12.4 Å². The summed E-state index contributed by atoms with van der Waals surface area (Å²) < 4.78 is 0.752. The Balaban J connectivity index is 2.07. The maximum Gasteiger partial charge on any atom is 0.224 e. The van der Waals surface area contributed by atoms with Crippen molar-refractivity contribution >= 4 is 33.3 Å². The molecule has 0 unspecified atom stereocenters. The topological polar surface area (TPSA) is 63.6 Å². The van der Waals surface area contributed by atoms with Gasteiger partial charge in [-0.15, -0.1) is 0 Å². The largest absolute Gasteiger partial charge is 0.363 e. The van der Waals surface area contributed by atoms with Gasteiger partial charge < -0.3 is 5.32 Å². The number of hydrogen-bond donors (Lipinski definition) is 1. The van der Waals surface area contributed by atoms with Gasteiger partial charge in [0.2, 0.25) is 5.28 Å². The molecular weight excluding hydrogens is 306 g/mol. The van der Waals surface area contributed by atoms with Crippen molar-refractivity contribution in [3.8, 4) is 0 Å². The number of rotatable bonds is 3. The Bertz CT molecular complexity index is 517. The predicted molar refractivity (Wildman–Crippen MR) is 68.8 cm³/mol. The highest BCUT2D eigenvalue weighted by atomic mass is 79.9. The van der Waals surface area contributed by atoms with Crippen LogP contribution in [0, 0.1) is 6.92 Å². The maximum absolute atomic E-state index is 5.71. The lowest BCUT2D eigenvalue weighted by Gasteiger charge is -2.06. The third-order valence-corrected chi connectivity index (χ3v) is 2.75. The molecule has 88 valence electrons. The fraction of sp³-hybridized carbons (Fsp3) is 0.200. The molecule has 0 aliphatic carbocycles. The molecule has 0 radical (unpaired) electrons. The van der Waals surface area contributed by atoms with E-state index < -0.39 is 0 Å². The number of anilines is 1. The highest BCUT2D eigenvalue weighted by molar-refractivity contribution is 9.10. The highest BCUT2D eigenvalue weighted by Crippen LogP contribution is 2.20. The van der Waals surface area contributed by atoms with Crippen molar-refractivity contribution in [1.29, 1.82) is 0 Å². The third-order valence-electron chi connectivity index (χ3n) is 1.99. The molecule has 0 aromatic carbocycles. The van der Waals surface area contributed by atoms with Crippen LogP contribution in [0.25, 0.3) is 0 Å². The lowest BCUT2D eigenvalue weighted by Crippen LogP contribution is -2.05. The van der Waals surface area contributed by atoms with Crippen LogP contribution in [0.2, 0.25) is 5.28 Å². The fourth-order valence-corrected chi connectivity index (χ4v) is 1.62. The number of halogens is 2. The molecule has 2 aromatic rings. The SMILES string of the molecule is Cc1cnc(CNc2nc(Cl)ncc2Br)cn1. The Hall–Kier alpha value is -1.27. The first-order valence-corrected chi connectivity index (χ1v) is 6.01. The molecule has 0 spiro atoms. The Morgan fingerprint density at radius 1 is 1.24 bits per heavy atom. The van der Waals surface area contributed by atoms with Crippen molar-refractivity contribution in [2.75, 3.05) is 5.32 Å². The molecule has 0 aliphatic heterocycles. The number of nitrogens with zero attached hydrogens (tertiary/aromatic N) is 4. The van der Waals surface area contributed by atoms with Gasteiger partial charge in [-0.2, -0.15) is 4.98 Å². The minimum absolute atomic E-state index is 0.200. The first kappa shape index (κ1) is 12.2. The highest BCUT2D eigenvalue weighted by Gasteiger charge is 2.03. The van der Waals surface area contributed by atoms with E-state index in [2.05, 4.69) is 41.2 Å². The van der Waals surface area contributed by atoms with Gasteiger partial charge in [-0.05, 0) is 34.5 Å². The van der Waals surface area contributed by atoms with Gasteiger partial charge >= 0.3 is 0 Å². The van der Waals surface area contributed by atoms with Crippen LogP contribution in [0.3, 0.4) is 0 Å². The van der Waals surface area contributed by atoms with Crippen LogP contribution >= 0.6 is 27.5 Å². The van der Waals surface area contributed by atoms with Crippen molar-refractivity contribution in [2.24, 2.45) is 0 Å².